The second-order valence-corrected chi connectivity index (χ2v) is 2.99. The summed E-state index contributed by atoms with van der Waals surface area (Å²) in [4.78, 5) is 0. The summed E-state index contributed by atoms with van der Waals surface area (Å²) in [7, 11) is 0. The van der Waals surface area contributed by atoms with E-state index in [1.165, 1.54) is 0 Å². The molecular weight excluding hydrogens is 214 g/mol. The number of benzene rings is 1. The van der Waals surface area contributed by atoms with Gasteiger partial charge < -0.3 is 10.8 Å². The van der Waals surface area contributed by atoms with Crippen LogP contribution in [-0.4, -0.2) is 11.7 Å². The highest BCUT2D eigenvalue weighted by Crippen LogP contribution is 2.35. The van der Waals surface area contributed by atoms with Crippen LogP contribution >= 0.6 is 0 Å². The molecule has 2 nitrogen and oxygen atoms in total. The summed E-state index contributed by atoms with van der Waals surface area (Å²) in [5.41, 5.74) is 3.35. The summed E-state index contributed by atoms with van der Waals surface area (Å²) >= 11 is 0. The molecule has 15 heavy (non-hydrogen) atoms. The first-order valence-corrected chi connectivity index (χ1v) is 4.10. The average Bonchev–Trinajstić information content (AvgIpc) is 2.15. The van der Waals surface area contributed by atoms with Gasteiger partial charge in [-0.1, -0.05) is 6.07 Å². The molecule has 1 aromatic rings. The monoisotopic (exact) mass is 223 g/mol. The van der Waals surface area contributed by atoms with Gasteiger partial charge in [0.05, 0.1) is 18.2 Å². The maximum absolute atomic E-state index is 13.1. The molecule has 0 spiro atoms. The summed E-state index contributed by atoms with van der Waals surface area (Å²) in [6, 6.07) is 1.18. The first kappa shape index (κ1) is 11.9. The highest BCUT2D eigenvalue weighted by Gasteiger charge is 2.35. The Hall–Kier alpha value is -1.14. The van der Waals surface area contributed by atoms with Crippen LogP contribution < -0.4 is 5.73 Å². The fourth-order valence-electron chi connectivity index (χ4n) is 1.25. The van der Waals surface area contributed by atoms with Crippen molar-refractivity contribution < 1.29 is 22.7 Å². The van der Waals surface area contributed by atoms with Gasteiger partial charge >= 0.3 is 6.18 Å². The Morgan fingerprint density at radius 2 is 1.93 bits per heavy atom. The normalized spacial score (nSPS) is 14.0. The van der Waals surface area contributed by atoms with Gasteiger partial charge in [0.1, 0.15) is 5.82 Å². The number of halogens is 4. The molecular formula is C9H9F4NO. The Kier molecular flexibility index (Phi) is 3.31. The van der Waals surface area contributed by atoms with Crippen LogP contribution in [0.5, 0.6) is 0 Å². The van der Waals surface area contributed by atoms with Crippen molar-refractivity contribution in [1.29, 1.82) is 0 Å². The van der Waals surface area contributed by atoms with Gasteiger partial charge in [-0.25, -0.2) is 4.39 Å². The minimum atomic E-state index is -4.68. The van der Waals surface area contributed by atoms with Crippen molar-refractivity contribution in [2.45, 2.75) is 12.2 Å². The molecule has 3 N–H and O–H groups in total. The Morgan fingerprint density at radius 3 is 2.40 bits per heavy atom. The van der Waals surface area contributed by atoms with Gasteiger partial charge in [0, 0.05) is 5.56 Å². The molecule has 0 aliphatic carbocycles. The van der Waals surface area contributed by atoms with Gasteiger partial charge in [-0.2, -0.15) is 13.2 Å². The molecule has 0 amide bonds. The topological polar surface area (TPSA) is 46.2 Å². The van der Waals surface area contributed by atoms with Crippen molar-refractivity contribution in [3.05, 3.63) is 35.1 Å². The van der Waals surface area contributed by atoms with E-state index in [1.807, 2.05) is 0 Å². The predicted octanol–water partition coefficient (Wildman–Crippen LogP) is 1.84. The molecule has 0 fully saturated rings. The highest BCUT2D eigenvalue weighted by molar-refractivity contribution is 5.33. The fourth-order valence-corrected chi connectivity index (χ4v) is 1.25. The standard InChI is InChI=1S/C9H9F4NO/c10-6-3-1-2-5(9(11,12)13)8(6)7(14)4-15/h1-3,7,15H,4,14H2/t7-/m1/s1. The predicted molar refractivity (Wildman–Crippen MR) is 45.4 cm³/mol. The van der Waals surface area contributed by atoms with E-state index in [0.29, 0.717) is 0 Å². The third-order valence-corrected chi connectivity index (χ3v) is 1.93. The average molecular weight is 223 g/mol. The van der Waals surface area contributed by atoms with Crippen LogP contribution in [0, 0.1) is 5.82 Å². The zero-order chi connectivity index (χ0) is 11.6. The Morgan fingerprint density at radius 1 is 1.33 bits per heavy atom. The highest BCUT2D eigenvalue weighted by atomic mass is 19.4. The summed E-state index contributed by atoms with van der Waals surface area (Å²) in [6.07, 6.45) is -4.68. The summed E-state index contributed by atoms with van der Waals surface area (Å²) in [5.74, 6) is -1.06. The van der Waals surface area contributed by atoms with Crippen molar-refractivity contribution in [3.63, 3.8) is 0 Å². The molecule has 6 heteroatoms. The lowest BCUT2D eigenvalue weighted by atomic mass is 10.0. The first-order valence-electron chi connectivity index (χ1n) is 4.10. The Labute approximate surface area is 83.3 Å². The van der Waals surface area contributed by atoms with Crippen LogP contribution in [-0.2, 0) is 6.18 Å². The van der Waals surface area contributed by atoms with Gasteiger partial charge in [-0.05, 0) is 12.1 Å². The number of hydrogen-bond donors (Lipinski definition) is 2. The molecule has 0 saturated carbocycles. The minimum absolute atomic E-state index is 0.701. The third kappa shape index (κ3) is 2.45. The molecule has 0 bridgehead atoms. The molecule has 0 aliphatic heterocycles. The molecule has 84 valence electrons. The van der Waals surface area contributed by atoms with Crippen molar-refractivity contribution >= 4 is 0 Å². The number of alkyl halides is 3. The molecule has 0 heterocycles. The van der Waals surface area contributed by atoms with Crippen LogP contribution in [0.25, 0.3) is 0 Å². The van der Waals surface area contributed by atoms with Gasteiger partial charge in [0.2, 0.25) is 0 Å². The lowest BCUT2D eigenvalue weighted by molar-refractivity contribution is -0.138. The Balaban J connectivity index is 3.33. The summed E-state index contributed by atoms with van der Waals surface area (Å²) in [6.45, 7) is -0.746. The van der Waals surface area contributed by atoms with E-state index in [-0.39, 0.29) is 0 Å². The number of nitrogens with two attached hydrogens (primary N) is 1. The molecule has 0 saturated heterocycles. The molecule has 0 aromatic heterocycles. The number of hydrogen-bond acceptors (Lipinski definition) is 2. The molecule has 0 unspecified atom stereocenters. The number of aliphatic hydroxyl groups excluding tert-OH is 1. The largest absolute Gasteiger partial charge is 0.416 e. The smallest absolute Gasteiger partial charge is 0.394 e. The van der Waals surface area contributed by atoms with Crippen LogP contribution in [0.4, 0.5) is 17.6 Å². The molecule has 1 atom stereocenters. The number of aliphatic hydroxyl groups is 1. The van der Waals surface area contributed by atoms with Crippen molar-refractivity contribution in [2.75, 3.05) is 6.61 Å². The van der Waals surface area contributed by atoms with Crippen LogP contribution in [0.2, 0.25) is 0 Å². The second-order valence-electron chi connectivity index (χ2n) is 2.99. The fraction of sp³-hybridized carbons (Fsp3) is 0.333. The lowest BCUT2D eigenvalue weighted by Crippen LogP contribution is -2.21. The van der Waals surface area contributed by atoms with Gasteiger partial charge in [0.25, 0.3) is 0 Å². The van der Waals surface area contributed by atoms with E-state index in [2.05, 4.69) is 0 Å². The maximum atomic E-state index is 13.1. The zero-order valence-electron chi connectivity index (χ0n) is 7.55. The lowest BCUT2D eigenvalue weighted by Gasteiger charge is -2.17. The van der Waals surface area contributed by atoms with E-state index in [9.17, 15) is 17.6 Å². The van der Waals surface area contributed by atoms with Gasteiger partial charge in [-0.15, -0.1) is 0 Å². The second kappa shape index (κ2) is 4.16. The van der Waals surface area contributed by atoms with E-state index in [4.69, 9.17) is 10.8 Å². The first-order chi connectivity index (χ1) is 6.88. The molecule has 1 aromatic carbocycles. The SMILES string of the molecule is N[C@H](CO)c1c(F)cccc1C(F)(F)F. The maximum Gasteiger partial charge on any atom is 0.416 e. The van der Waals surface area contributed by atoms with Crippen LogP contribution in [0.3, 0.4) is 0 Å². The van der Waals surface area contributed by atoms with E-state index >= 15 is 0 Å². The summed E-state index contributed by atoms with van der Waals surface area (Å²) < 4.78 is 50.4. The van der Waals surface area contributed by atoms with Crippen molar-refractivity contribution in [1.82, 2.24) is 0 Å². The van der Waals surface area contributed by atoms with Crippen LogP contribution in [0.1, 0.15) is 17.2 Å². The van der Waals surface area contributed by atoms with Crippen LogP contribution in [0.15, 0.2) is 18.2 Å². The quantitative estimate of drug-likeness (QED) is 0.751. The molecule has 0 radical (unpaired) electrons. The Bertz CT molecular complexity index is 350. The molecule has 0 aliphatic rings. The van der Waals surface area contributed by atoms with E-state index in [1.54, 1.807) is 0 Å². The van der Waals surface area contributed by atoms with E-state index < -0.39 is 35.8 Å². The molecule has 1 rings (SSSR count). The van der Waals surface area contributed by atoms with E-state index in [0.717, 1.165) is 18.2 Å². The van der Waals surface area contributed by atoms with Gasteiger partial charge in [-0.3, -0.25) is 0 Å². The third-order valence-electron chi connectivity index (χ3n) is 1.93. The minimum Gasteiger partial charge on any atom is -0.394 e. The number of rotatable bonds is 2. The van der Waals surface area contributed by atoms with Gasteiger partial charge in [0.15, 0.2) is 0 Å². The van der Waals surface area contributed by atoms with Crippen molar-refractivity contribution in [3.8, 4) is 0 Å². The zero-order valence-corrected chi connectivity index (χ0v) is 7.55. The summed E-state index contributed by atoms with van der Waals surface area (Å²) in [5, 5.41) is 8.64. The van der Waals surface area contributed by atoms with Crippen molar-refractivity contribution in [2.24, 2.45) is 5.73 Å².